The molecule has 1 fully saturated rings. The number of hydrogen-bond donors (Lipinski definition) is 1. The van der Waals surface area contributed by atoms with E-state index >= 15 is 0 Å². The predicted octanol–water partition coefficient (Wildman–Crippen LogP) is 1.09. The quantitative estimate of drug-likeness (QED) is 0.620. The maximum atomic E-state index is 12.3. The van der Waals surface area contributed by atoms with Gasteiger partial charge < -0.3 is 14.7 Å². The number of benzene rings is 1. The highest BCUT2D eigenvalue weighted by Crippen LogP contribution is 2.31. The van der Waals surface area contributed by atoms with Gasteiger partial charge in [0.2, 0.25) is 5.91 Å². The molecule has 1 N–H and O–H groups in total. The molecule has 8 heteroatoms. The molecular formula is C15H18N2O6. The standard InChI is InChI=1S/C15H18N2O6/c1-23-10-15(14(19)20)5-6-16(9-15)13(18)8-11-3-2-4-12(7-11)17(21)22/h2-4,7H,5-6,8-10H2,1H3,(H,19,20). The second kappa shape index (κ2) is 6.74. The van der Waals surface area contributed by atoms with E-state index in [0.29, 0.717) is 18.5 Å². The van der Waals surface area contributed by atoms with E-state index in [1.54, 1.807) is 6.07 Å². The first-order valence-electron chi connectivity index (χ1n) is 7.11. The molecule has 2 rings (SSSR count). The second-order valence-electron chi connectivity index (χ2n) is 5.69. The van der Waals surface area contributed by atoms with E-state index in [1.165, 1.54) is 30.2 Å². The monoisotopic (exact) mass is 322 g/mol. The predicted molar refractivity (Wildman–Crippen MR) is 79.9 cm³/mol. The summed E-state index contributed by atoms with van der Waals surface area (Å²) in [5.41, 5.74) is -0.618. The van der Waals surface area contributed by atoms with Crippen molar-refractivity contribution in [3.63, 3.8) is 0 Å². The highest BCUT2D eigenvalue weighted by atomic mass is 16.6. The first-order valence-corrected chi connectivity index (χ1v) is 7.11. The molecule has 1 heterocycles. The third-order valence-corrected chi connectivity index (χ3v) is 4.06. The molecule has 0 spiro atoms. The molecule has 1 unspecified atom stereocenters. The number of carboxylic acid groups (broad SMARTS) is 1. The van der Waals surface area contributed by atoms with Crippen LogP contribution in [0.1, 0.15) is 12.0 Å². The Morgan fingerprint density at radius 2 is 2.22 bits per heavy atom. The SMILES string of the molecule is COCC1(C(=O)O)CCN(C(=O)Cc2cccc([N+](=O)[O-])c2)C1. The van der Waals surface area contributed by atoms with Gasteiger partial charge in [0.1, 0.15) is 5.41 Å². The summed E-state index contributed by atoms with van der Waals surface area (Å²) in [6.45, 7) is 0.469. The first kappa shape index (κ1) is 16.9. The number of rotatable bonds is 6. The zero-order valence-electron chi connectivity index (χ0n) is 12.7. The number of nitro benzene ring substituents is 1. The number of hydrogen-bond acceptors (Lipinski definition) is 5. The lowest BCUT2D eigenvalue weighted by molar-refractivity contribution is -0.384. The normalized spacial score (nSPS) is 20.5. The van der Waals surface area contributed by atoms with Gasteiger partial charge in [0.15, 0.2) is 0 Å². The van der Waals surface area contributed by atoms with Crippen LogP contribution < -0.4 is 0 Å². The average molecular weight is 322 g/mol. The van der Waals surface area contributed by atoms with Gasteiger partial charge in [-0.3, -0.25) is 19.7 Å². The highest BCUT2D eigenvalue weighted by Gasteiger charge is 2.46. The molecule has 0 aliphatic carbocycles. The molecule has 1 aliphatic heterocycles. The maximum Gasteiger partial charge on any atom is 0.313 e. The fourth-order valence-electron chi connectivity index (χ4n) is 2.78. The zero-order chi connectivity index (χ0) is 17.0. The van der Waals surface area contributed by atoms with Gasteiger partial charge in [0.05, 0.1) is 18.0 Å². The molecule has 8 nitrogen and oxygen atoms in total. The van der Waals surface area contributed by atoms with E-state index in [0.717, 1.165) is 0 Å². The van der Waals surface area contributed by atoms with Crippen LogP contribution in [0.15, 0.2) is 24.3 Å². The summed E-state index contributed by atoms with van der Waals surface area (Å²) in [7, 11) is 1.43. The molecule has 23 heavy (non-hydrogen) atoms. The van der Waals surface area contributed by atoms with Crippen LogP contribution in [0.3, 0.4) is 0 Å². The minimum Gasteiger partial charge on any atom is -0.481 e. The summed E-state index contributed by atoms with van der Waals surface area (Å²) in [5.74, 6) is -1.23. The van der Waals surface area contributed by atoms with Crippen LogP contribution in [-0.4, -0.2) is 53.6 Å². The topological polar surface area (TPSA) is 110 Å². The van der Waals surface area contributed by atoms with Gasteiger partial charge in [0, 0.05) is 32.3 Å². The fraction of sp³-hybridized carbons (Fsp3) is 0.467. The van der Waals surface area contributed by atoms with Crippen molar-refractivity contribution in [3.05, 3.63) is 39.9 Å². The molecule has 124 valence electrons. The van der Waals surface area contributed by atoms with E-state index in [-0.39, 0.29) is 31.2 Å². The molecular weight excluding hydrogens is 304 g/mol. The van der Waals surface area contributed by atoms with Gasteiger partial charge >= 0.3 is 5.97 Å². The fourth-order valence-corrected chi connectivity index (χ4v) is 2.78. The number of amides is 1. The number of carbonyl (C=O) groups is 2. The van der Waals surface area contributed by atoms with Crippen LogP contribution in [0.2, 0.25) is 0 Å². The van der Waals surface area contributed by atoms with Crippen LogP contribution in [0, 0.1) is 15.5 Å². The number of methoxy groups -OCH3 is 1. The molecule has 0 aromatic heterocycles. The van der Waals surface area contributed by atoms with Crippen molar-refractivity contribution < 1.29 is 24.4 Å². The second-order valence-corrected chi connectivity index (χ2v) is 5.69. The Balaban J connectivity index is 2.06. The number of likely N-dealkylation sites (tertiary alicyclic amines) is 1. The molecule has 0 radical (unpaired) electrons. The van der Waals surface area contributed by atoms with Gasteiger partial charge in [-0.05, 0) is 12.0 Å². The number of nitro groups is 1. The molecule has 1 saturated heterocycles. The van der Waals surface area contributed by atoms with Crippen molar-refractivity contribution in [2.75, 3.05) is 26.8 Å². The third kappa shape index (κ3) is 3.65. The molecule has 0 bridgehead atoms. The Kier molecular flexibility index (Phi) is 4.95. The summed E-state index contributed by atoms with van der Waals surface area (Å²) >= 11 is 0. The number of non-ortho nitro benzene ring substituents is 1. The lowest BCUT2D eigenvalue weighted by atomic mass is 9.88. The smallest absolute Gasteiger partial charge is 0.313 e. The summed E-state index contributed by atoms with van der Waals surface area (Å²) in [5, 5.41) is 20.1. The molecule has 1 aliphatic rings. The van der Waals surface area contributed by atoms with Gasteiger partial charge in [-0.2, -0.15) is 0 Å². The number of carboxylic acids is 1. The number of ether oxygens (including phenoxy) is 1. The Hall–Kier alpha value is -2.48. The lowest BCUT2D eigenvalue weighted by Crippen LogP contribution is -2.40. The molecule has 1 aromatic carbocycles. The minimum absolute atomic E-state index is 0.00433. The molecule has 1 atom stereocenters. The van der Waals surface area contributed by atoms with Crippen molar-refractivity contribution in [3.8, 4) is 0 Å². The van der Waals surface area contributed by atoms with E-state index in [1.807, 2.05) is 0 Å². The van der Waals surface area contributed by atoms with E-state index in [9.17, 15) is 24.8 Å². The largest absolute Gasteiger partial charge is 0.481 e. The Morgan fingerprint density at radius 3 is 2.83 bits per heavy atom. The summed E-state index contributed by atoms with van der Waals surface area (Å²) in [6.07, 6.45) is 0.335. The molecule has 0 saturated carbocycles. The lowest BCUT2D eigenvalue weighted by Gasteiger charge is -2.23. The minimum atomic E-state index is -1.08. The summed E-state index contributed by atoms with van der Waals surface area (Å²) in [4.78, 5) is 35.5. The zero-order valence-corrected chi connectivity index (χ0v) is 12.7. The number of carbonyl (C=O) groups excluding carboxylic acids is 1. The molecule has 1 amide bonds. The summed E-state index contributed by atoms with van der Waals surface area (Å²) < 4.78 is 4.99. The third-order valence-electron chi connectivity index (χ3n) is 4.06. The van der Waals surface area contributed by atoms with Crippen molar-refractivity contribution in [1.29, 1.82) is 0 Å². The Labute approximate surface area is 132 Å². The Bertz CT molecular complexity index is 632. The average Bonchev–Trinajstić information content (AvgIpc) is 2.94. The molecule has 1 aromatic rings. The van der Waals surface area contributed by atoms with Crippen LogP contribution in [0.5, 0.6) is 0 Å². The van der Waals surface area contributed by atoms with Gasteiger partial charge in [-0.15, -0.1) is 0 Å². The van der Waals surface area contributed by atoms with Crippen molar-refractivity contribution in [2.45, 2.75) is 12.8 Å². The highest BCUT2D eigenvalue weighted by molar-refractivity contribution is 5.82. The van der Waals surface area contributed by atoms with Crippen molar-refractivity contribution in [1.82, 2.24) is 4.90 Å². The van der Waals surface area contributed by atoms with Crippen molar-refractivity contribution >= 4 is 17.6 Å². The maximum absolute atomic E-state index is 12.3. The van der Waals surface area contributed by atoms with Crippen LogP contribution in [-0.2, 0) is 20.7 Å². The van der Waals surface area contributed by atoms with Gasteiger partial charge in [-0.1, -0.05) is 12.1 Å². The van der Waals surface area contributed by atoms with E-state index < -0.39 is 16.3 Å². The van der Waals surface area contributed by atoms with Gasteiger partial charge in [-0.25, -0.2) is 0 Å². The van der Waals surface area contributed by atoms with Crippen LogP contribution in [0.25, 0.3) is 0 Å². The number of aliphatic carboxylic acids is 1. The van der Waals surface area contributed by atoms with Crippen LogP contribution >= 0.6 is 0 Å². The van der Waals surface area contributed by atoms with Gasteiger partial charge in [0.25, 0.3) is 5.69 Å². The number of nitrogens with zero attached hydrogens (tertiary/aromatic N) is 2. The first-order chi connectivity index (χ1) is 10.9. The van der Waals surface area contributed by atoms with E-state index in [4.69, 9.17) is 4.74 Å². The van der Waals surface area contributed by atoms with Crippen LogP contribution in [0.4, 0.5) is 5.69 Å². The van der Waals surface area contributed by atoms with Crippen molar-refractivity contribution in [2.24, 2.45) is 5.41 Å². The Morgan fingerprint density at radius 1 is 1.48 bits per heavy atom. The van der Waals surface area contributed by atoms with E-state index in [2.05, 4.69) is 0 Å². The summed E-state index contributed by atoms with van der Waals surface area (Å²) in [6, 6.07) is 5.88.